The summed E-state index contributed by atoms with van der Waals surface area (Å²) in [5.74, 6) is 1.12. The first-order chi connectivity index (χ1) is 13.3. The number of anilines is 1. The van der Waals surface area contributed by atoms with Crippen LogP contribution in [0.3, 0.4) is 0 Å². The van der Waals surface area contributed by atoms with Crippen molar-refractivity contribution in [3.05, 3.63) is 12.7 Å². The number of carbonyl (C=O) groups is 1. The molecule has 6 unspecified atom stereocenters. The maximum absolute atomic E-state index is 10.9. The summed E-state index contributed by atoms with van der Waals surface area (Å²) in [4.78, 5) is 23.1. The lowest BCUT2D eigenvalue weighted by Gasteiger charge is -2.16. The Balaban J connectivity index is 1.71. The Morgan fingerprint density at radius 2 is 2.11 bits per heavy atom. The van der Waals surface area contributed by atoms with E-state index in [1.165, 1.54) is 17.2 Å². The highest BCUT2D eigenvalue weighted by Gasteiger charge is 2.47. The van der Waals surface area contributed by atoms with Gasteiger partial charge in [0.1, 0.15) is 53.5 Å². The molecule has 0 saturated carbocycles. The minimum atomic E-state index is -1.16. The number of ether oxygens (including phenoxy) is 1. The van der Waals surface area contributed by atoms with Crippen LogP contribution in [0.5, 0.6) is 0 Å². The third-order valence-corrected chi connectivity index (χ3v) is 7.27. The van der Waals surface area contributed by atoms with Crippen LogP contribution in [-0.2, 0) is 20.4 Å². The number of hydrogen-bond acceptors (Lipinski definition) is 9. The topological polar surface area (TPSA) is 183 Å². The van der Waals surface area contributed by atoms with Crippen molar-refractivity contribution in [1.29, 1.82) is 0 Å². The Kier molecular flexibility index (Phi) is 6.35. The van der Waals surface area contributed by atoms with E-state index in [1.807, 2.05) is 6.92 Å². The van der Waals surface area contributed by atoms with Gasteiger partial charge in [-0.2, -0.15) is 0 Å². The van der Waals surface area contributed by atoms with Crippen LogP contribution in [0.4, 0.5) is 5.82 Å². The van der Waals surface area contributed by atoms with Gasteiger partial charge in [-0.25, -0.2) is 15.0 Å². The molecular weight excluding hydrogens is 388 g/mol. The molecule has 28 heavy (non-hydrogen) atoms. The fraction of sp³-hybridized carbons (Fsp3) is 0.625. The number of carboxylic acid groups (broad SMARTS) is 1. The molecule has 1 aliphatic rings. The second-order valence-electron chi connectivity index (χ2n) is 6.63. The van der Waals surface area contributed by atoms with Crippen LogP contribution < -0.4 is 11.5 Å². The summed E-state index contributed by atoms with van der Waals surface area (Å²) in [6, 6.07) is -0.906. The third-order valence-electron chi connectivity index (χ3n) is 4.84. The Hall–Kier alpha value is -1.99. The van der Waals surface area contributed by atoms with Gasteiger partial charge in [0.05, 0.1) is 6.33 Å². The van der Waals surface area contributed by atoms with Crippen LogP contribution in [0.2, 0.25) is 0 Å². The van der Waals surface area contributed by atoms with E-state index in [-0.39, 0.29) is 16.7 Å². The molecule has 1 saturated heterocycles. The van der Waals surface area contributed by atoms with Gasteiger partial charge in [-0.15, -0.1) is 0 Å². The molecule has 6 atom stereocenters. The maximum atomic E-state index is 10.9. The van der Waals surface area contributed by atoms with Crippen LogP contribution in [0.25, 0.3) is 11.2 Å². The maximum Gasteiger partial charge on any atom is 0.320 e. The number of aliphatic carboxylic acids is 1. The number of carboxylic acids is 1. The second-order valence-corrected chi connectivity index (χ2v) is 9.18. The molecule has 0 radical (unpaired) electrons. The number of nitrogens with two attached hydrogens (primary N) is 2. The molecule has 11 nitrogen and oxygen atoms in total. The summed E-state index contributed by atoms with van der Waals surface area (Å²) in [7, 11) is -0.196. The summed E-state index contributed by atoms with van der Waals surface area (Å²) in [6.45, 7) is 1.99. The number of rotatable bonds is 8. The van der Waals surface area contributed by atoms with E-state index in [2.05, 4.69) is 15.0 Å². The molecule has 7 N–H and O–H groups in total. The molecular formula is C16H25N6O5S+. The fourth-order valence-electron chi connectivity index (χ4n) is 3.15. The highest BCUT2D eigenvalue weighted by Crippen LogP contribution is 2.32. The van der Waals surface area contributed by atoms with Gasteiger partial charge in [0.15, 0.2) is 17.7 Å². The van der Waals surface area contributed by atoms with Crippen molar-refractivity contribution in [2.24, 2.45) is 5.73 Å². The number of fused-ring (bicyclic) bond motifs is 1. The van der Waals surface area contributed by atoms with Gasteiger partial charge in [0, 0.05) is 6.42 Å². The largest absolute Gasteiger partial charge is 0.480 e. The summed E-state index contributed by atoms with van der Waals surface area (Å²) in [5, 5.41) is 29.9. The quantitative estimate of drug-likeness (QED) is 0.318. The molecule has 154 valence electrons. The third kappa shape index (κ3) is 4.05. The smallest absolute Gasteiger partial charge is 0.320 e. The van der Waals surface area contributed by atoms with Crippen molar-refractivity contribution in [2.45, 2.75) is 43.9 Å². The molecule has 12 heteroatoms. The van der Waals surface area contributed by atoms with Crippen LogP contribution in [0.15, 0.2) is 12.7 Å². The minimum Gasteiger partial charge on any atom is -0.480 e. The van der Waals surface area contributed by atoms with E-state index in [0.29, 0.717) is 29.1 Å². The number of hydrogen-bond donors (Lipinski definition) is 5. The molecule has 3 heterocycles. The molecule has 1 fully saturated rings. The van der Waals surface area contributed by atoms with E-state index >= 15 is 0 Å². The lowest BCUT2D eigenvalue weighted by atomic mass is 10.1. The van der Waals surface area contributed by atoms with Crippen LogP contribution in [0.1, 0.15) is 19.6 Å². The van der Waals surface area contributed by atoms with Gasteiger partial charge < -0.3 is 31.5 Å². The Morgan fingerprint density at radius 1 is 1.36 bits per heavy atom. The highest BCUT2D eigenvalue weighted by atomic mass is 32.2. The normalized spacial score (nSPS) is 27.1. The number of aromatic nitrogens is 4. The number of aliphatic hydroxyl groups excluding tert-OH is 2. The Morgan fingerprint density at radius 3 is 2.79 bits per heavy atom. The molecule has 0 aromatic carbocycles. The number of nitrogens with zero attached hydrogens (tertiary/aromatic N) is 4. The van der Waals surface area contributed by atoms with Gasteiger partial charge in [-0.1, -0.05) is 0 Å². The molecule has 1 aliphatic heterocycles. The van der Waals surface area contributed by atoms with Gasteiger partial charge in [0.25, 0.3) is 0 Å². The van der Waals surface area contributed by atoms with E-state index in [1.54, 1.807) is 0 Å². The average Bonchev–Trinajstić information content (AvgIpc) is 3.21. The average molecular weight is 413 g/mol. The summed E-state index contributed by atoms with van der Waals surface area (Å²) in [6.07, 6.45) is -0.610. The number of nitrogen functional groups attached to an aromatic ring is 1. The highest BCUT2D eigenvalue weighted by molar-refractivity contribution is 7.96. The predicted molar refractivity (Wildman–Crippen MR) is 104 cm³/mol. The van der Waals surface area contributed by atoms with Crippen LogP contribution >= 0.6 is 0 Å². The molecule has 3 rings (SSSR count). The van der Waals surface area contributed by atoms with Gasteiger partial charge >= 0.3 is 5.97 Å². The molecule has 2 aromatic heterocycles. The van der Waals surface area contributed by atoms with E-state index in [4.69, 9.17) is 21.3 Å². The summed E-state index contributed by atoms with van der Waals surface area (Å²) < 4.78 is 7.48. The first kappa shape index (κ1) is 20.7. The van der Waals surface area contributed by atoms with Crippen LogP contribution in [-0.4, -0.2) is 82.4 Å². The second kappa shape index (κ2) is 8.57. The van der Waals surface area contributed by atoms with Crippen molar-refractivity contribution in [3.8, 4) is 0 Å². The van der Waals surface area contributed by atoms with Gasteiger partial charge in [-0.3, -0.25) is 9.36 Å². The van der Waals surface area contributed by atoms with Crippen molar-refractivity contribution in [2.75, 3.05) is 23.0 Å². The molecule has 0 aliphatic carbocycles. The zero-order valence-corrected chi connectivity index (χ0v) is 16.2. The van der Waals surface area contributed by atoms with Crippen molar-refractivity contribution in [1.82, 2.24) is 19.5 Å². The minimum absolute atomic E-state index is 0.196. The zero-order valence-electron chi connectivity index (χ0n) is 15.4. The van der Waals surface area contributed by atoms with Crippen molar-refractivity contribution >= 4 is 33.8 Å². The van der Waals surface area contributed by atoms with Gasteiger partial charge in [-0.05, 0) is 17.8 Å². The van der Waals surface area contributed by atoms with E-state index in [9.17, 15) is 15.0 Å². The summed E-state index contributed by atoms with van der Waals surface area (Å²) in [5.41, 5.74) is 12.2. The SMILES string of the molecule is CC[S+](CCC(N)C(=O)O)CC1OC(n2cnc3c(N)ncnc32)C(O)C1O. The molecule has 0 spiro atoms. The molecule has 0 bridgehead atoms. The van der Waals surface area contributed by atoms with Gasteiger partial charge in [0.2, 0.25) is 0 Å². The Labute approximate surface area is 164 Å². The lowest BCUT2D eigenvalue weighted by molar-refractivity contribution is -0.138. The number of aliphatic hydroxyl groups is 2. The van der Waals surface area contributed by atoms with Crippen molar-refractivity contribution in [3.63, 3.8) is 0 Å². The molecule has 0 amide bonds. The monoisotopic (exact) mass is 413 g/mol. The first-order valence-electron chi connectivity index (χ1n) is 8.90. The lowest BCUT2D eigenvalue weighted by Crippen LogP contribution is -2.38. The van der Waals surface area contributed by atoms with E-state index < -0.39 is 36.6 Å². The van der Waals surface area contributed by atoms with E-state index in [0.717, 1.165) is 5.75 Å². The van der Waals surface area contributed by atoms with Crippen LogP contribution in [0, 0.1) is 0 Å². The summed E-state index contributed by atoms with van der Waals surface area (Å²) >= 11 is 0. The predicted octanol–water partition coefficient (Wildman–Crippen LogP) is -1.53. The number of imidazole rings is 1. The molecule has 2 aromatic rings. The van der Waals surface area contributed by atoms with Crippen molar-refractivity contribution < 1.29 is 24.9 Å². The zero-order chi connectivity index (χ0) is 20.4. The fourth-order valence-corrected chi connectivity index (χ4v) is 5.17. The first-order valence-corrected chi connectivity index (χ1v) is 10.6. The Bertz CT molecular complexity index is 835. The standard InChI is InChI=1S/C16H24N6O5S/c1-2-28(4-3-8(17)16(25)26)5-9-11(23)12(24)15(27-9)22-7-21-10-13(18)19-6-20-14(10)22/h6-9,11-12,15,23-24H,2-5,17H2,1H3,(H2-,18,19,20,25,26)/p+1.